The molecule has 1 aromatic rings. The highest BCUT2D eigenvalue weighted by Crippen LogP contribution is 2.31. The van der Waals surface area contributed by atoms with Crippen molar-refractivity contribution in [3.63, 3.8) is 0 Å². The van der Waals surface area contributed by atoms with Crippen LogP contribution in [0.2, 0.25) is 0 Å². The first-order valence-corrected chi connectivity index (χ1v) is 5.42. The third-order valence-corrected chi connectivity index (χ3v) is 3.05. The number of hydrogen-bond acceptors (Lipinski definition) is 3. The van der Waals surface area contributed by atoms with Crippen LogP contribution in [0.5, 0.6) is 0 Å². The Morgan fingerprint density at radius 2 is 2.00 bits per heavy atom. The fourth-order valence-corrected chi connectivity index (χ4v) is 1.36. The Labute approximate surface area is 92.1 Å². The van der Waals surface area contributed by atoms with Crippen molar-refractivity contribution in [1.82, 2.24) is 9.97 Å². The van der Waals surface area contributed by atoms with Crippen molar-refractivity contribution in [2.75, 3.05) is 0 Å². The molecule has 1 heterocycles. The number of nitrogens with zero attached hydrogens (tertiary/aromatic N) is 2. The molecule has 0 radical (unpaired) electrons. The molecule has 2 atom stereocenters. The Balaban J connectivity index is 2.61. The lowest BCUT2D eigenvalue weighted by molar-refractivity contribution is 0.233. The van der Waals surface area contributed by atoms with Crippen LogP contribution in [0.15, 0.2) is 18.6 Å². The SMILES string of the molecule is CC(CC(N)c1cnccn1)C(C)(C)C. The highest BCUT2D eigenvalue weighted by molar-refractivity contribution is 5.01. The van der Waals surface area contributed by atoms with Crippen molar-refractivity contribution in [2.45, 2.75) is 40.2 Å². The molecule has 0 aliphatic heterocycles. The summed E-state index contributed by atoms with van der Waals surface area (Å²) in [6, 6.07) is -0.00655. The molecule has 0 aliphatic rings. The van der Waals surface area contributed by atoms with Gasteiger partial charge in [-0.15, -0.1) is 0 Å². The molecule has 2 unspecified atom stereocenters. The molecule has 0 fully saturated rings. The molecule has 0 saturated carbocycles. The maximum absolute atomic E-state index is 6.09. The fourth-order valence-electron chi connectivity index (χ4n) is 1.36. The lowest BCUT2D eigenvalue weighted by Crippen LogP contribution is -2.23. The van der Waals surface area contributed by atoms with Gasteiger partial charge in [0.1, 0.15) is 0 Å². The summed E-state index contributed by atoms with van der Waals surface area (Å²) in [5.74, 6) is 0.564. The van der Waals surface area contributed by atoms with E-state index < -0.39 is 0 Å². The predicted molar refractivity (Wildman–Crippen MR) is 62.2 cm³/mol. The standard InChI is InChI=1S/C12H21N3/c1-9(12(2,3)4)7-10(13)11-8-14-5-6-15-11/h5-6,8-10H,7,13H2,1-4H3. The molecular formula is C12H21N3. The zero-order valence-electron chi connectivity index (χ0n) is 10.1. The highest BCUT2D eigenvalue weighted by Gasteiger charge is 2.23. The second kappa shape index (κ2) is 4.71. The molecule has 0 aliphatic carbocycles. The average molecular weight is 207 g/mol. The van der Waals surface area contributed by atoms with Crippen LogP contribution >= 0.6 is 0 Å². The van der Waals surface area contributed by atoms with Gasteiger partial charge in [-0.1, -0.05) is 27.7 Å². The van der Waals surface area contributed by atoms with Crippen molar-refractivity contribution in [3.05, 3.63) is 24.3 Å². The summed E-state index contributed by atoms with van der Waals surface area (Å²) in [7, 11) is 0. The Morgan fingerprint density at radius 3 is 2.47 bits per heavy atom. The summed E-state index contributed by atoms with van der Waals surface area (Å²) in [5, 5.41) is 0. The van der Waals surface area contributed by atoms with E-state index in [9.17, 15) is 0 Å². The molecule has 0 spiro atoms. The first kappa shape index (κ1) is 12.1. The van der Waals surface area contributed by atoms with Crippen molar-refractivity contribution in [3.8, 4) is 0 Å². The zero-order chi connectivity index (χ0) is 11.5. The van der Waals surface area contributed by atoms with Crippen LogP contribution in [0.1, 0.15) is 45.9 Å². The summed E-state index contributed by atoms with van der Waals surface area (Å²) >= 11 is 0. The van der Waals surface area contributed by atoms with E-state index in [0.29, 0.717) is 11.3 Å². The topological polar surface area (TPSA) is 51.8 Å². The normalized spacial score (nSPS) is 16.1. The Hall–Kier alpha value is -0.960. The molecule has 15 heavy (non-hydrogen) atoms. The molecule has 0 aromatic carbocycles. The van der Waals surface area contributed by atoms with E-state index in [1.54, 1.807) is 18.6 Å². The van der Waals surface area contributed by atoms with Gasteiger partial charge in [0.25, 0.3) is 0 Å². The second-order valence-electron chi connectivity index (χ2n) is 5.24. The molecule has 0 amide bonds. The molecule has 1 aromatic heterocycles. The molecule has 0 bridgehead atoms. The van der Waals surface area contributed by atoms with Gasteiger partial charge in [-0.05, 0) is 17.8 Å². The van der Waals surface area contributed by atoms with Gasteiger partial charge in [-0.3, -0.25) is 9.97 Å². The van der Waals surface area contributed by atoms with Crippen molar-refractivity contribution in [1.29, 1.82) is 0 Å². The van der Waals surface area contributed by atoms with Crippen molar-refractivity contribution < 1.29 is 0 Å². The van der Waals surface area contributed by atoms with Crippen LogP contribution < -0.4 is 5.73 Å². The largest absolute Gasteiger partial charge is 0.323 e. The fraction of sp³-hybridized carbons (Fsp3) is 0.667. The van der Waals surface area contributed by atoms with Crippen LogP contribution in [-0.4, -0.2) is 9.97 Å². The average Bonchev–Trinajstić information content (AvgIpc) is 2.17. The van der Waals surface area contributed by atoms with Crippen LogP contribution in [0.3, 0.4) is 0 Å². The number of nitrogens with two attached hydrogens (primary N) is 1. The van der Waals surface area contributed by atoms with Crippen molar-refractivity contribution >= 4 is 0 Å². The third kappa shape index (κ3) is 3.59. The van der Waals surface area contributed by atoms with Gasteiger partial charge >= 0.3 is 0 Å². The molecule has 0 saturated heterocycles. The lowest BCUT2D eigenvalue weighted by atomic mass is 9.78. The smallest absolute Gasteiger partial charge is 0.0753 e. The number of hydrogen-bond donors (Lipinski definition) is 1. The van der Waals surface area contributed by atoms with Crippen LogP contribution in [0.25, 0.3) is 0 Å². The lowest BCUT2D eigenvalue weighted by Gasteiger charge is -2.29. The Bertz CT molecular complexity index is 289. The summed E-state index contributed by atoms with van der Waals surface area (Å²) in [6.07, 6.45) is 6.06. The number of rotatable bonds is 3. The Morgan fingerprint density at radius 1 is 1.33 bits per heavy atom. The van der Waals surface area contributed by atoms with Gasteiger partial charge in [-0.25, -0.2) is 0 Å². The monoisotopic (exact) mass is 207 g/mol. The van der Waals surface area contributed by atoms with Gasteiger partial charge in [0, 0.05) is 24.6 Å². The van der Waals surface area contributed by atoms with E-state index >= 15 is 0 Å². The van der Waals surface area contributed by atoms with E-state index in [2.05, 4.69) is 37.7 Å². The number of aromatic nitrogens is 2. The quantitative estimate of drug-likeness (QED) is 0.828. The van der Waals surface area contributed by atoms with Crippen molar-refractivity contribution in [2.24, 2.45) is 17.1 Å². The van der Waals surface area contributed by atoms with Crippen LogP contribution in [0, 0.1) is 11.3 Å². The molecular weight excluding hydrogens is 186 g/mol. The van der Waals surface area contributed by atoms with Crippen LogP contribution in [-0.2, 0) is 0 Å². The molecule has 3 nitrogen and oxygen atoms in total. The molecule has 3 heteroatoms. The minimum Gasteiger partial charge on any atom is -0.323 e. The first-order chi connectivity index (χ1) is 6.91. The molecule has 84 valence electrons. The summed E-state index contributed by atoms with van der Waals surface area (Å²) in [5.41, 5.74) is 7.26. The maximum atomic E-state index is 6.09. The van der Waals surface area contributed by atoms with Gasteiger partial charge in [-0.2, -0.15) is 0 Å². The van der Waals surface area contributed by atoms with Gasteiger partial charge in [0.2, 0.25) is 0 Å². The van der Waals surface area contributed by atoms with E-state index in [1.165, 1.54) is 0 Å². The van der Waals surface area contributed by atoms with Gasteiger partial charge in [0.05, 0.1) is 5.69 Å². The van der Waals surface area contributed by atoms with E-state index in [0.717, 1.165) is 12.1 Å². The molecule has 2 N–H and O–H groups in total. The second-order valence-corrected chi connectivity index (χ2v) is 5.24. The highest BCUT2D eigenvalue weighted by atomic mass is 14.8. The minimum absolute atomic E-state index is 0.00655. The summed E-state index contributed by atoms with van der Waals surface area (Å²) < 4.78 is 0. The van der Waals surface area contributed by atoms with Crippen LogP contribution in [0.4, 0.5) is 0 Å². The predicted octanol–water partition coefficient (Wildman–Crippen LogP) is 2.55. The van der Waals surface area contributed by atoms with E-state index in [4.69, 9.17) is 5.73 Å². The van der Waals surface area contributed by atoms with E-state index in [1.807, 2.05) is 0 Å². The van der Waals surface area contributed by atoms with Gasteiger partial charge < -0.3 is 5.73 Å². The molecule has 1 rings (SSSR count). The third-order valence-electron chi connectivity index (χ3n) is 3.05. The summed E-state index contributed by atoms with van der Waals surface area (Å²) in [6.45, 7) is 8.94. The summed E-state index contributed by atoms with van der Waals surface area (Å²) in [4.78, 5) is 8.26. The Kier molecular flexibility index (Phi) is 3.80. The van der Waals surface area contributed by atoms with Gasteiger partial charge in [0.15, 0.2) is 0 Å². The zero-order valence-corrected chi connectivity index (χ0v) is 10.1. The minimum atomic E-state index is -0.00655. The maximum Gasteiger partial charge on any atom is 0.0753 e. The van der Waals surface area contributed by atoms with E-state index in [-0.39, 0.29) is 6.04 Å². The first-order valence-electron chi connectivity index (χ1n) is 5.42.